The average molecular weight is 582 g/mol. The molecule has 2 unspecified atom stereocenters. The number of aliphatic hydroxyl groups is 2. The van der Waals surface area contributed by atoms with Crippen LogP contribution < -0.4 is 5.32 Å². The van der Waals surface area contributed by atoms with Crippen molar-refractivity contribution in [2.24, 2.45) is 0 Å². The van der Waals surface area contributed by atoms with Gasteiger partial charge >= 0.3 is 0 Å². The monoisotopic (exact) mass is 582 g/mol. The molecule has 3 N–H and O–H groups in total. The minimum Gasteiger partial charge on any atom is -0.394 e. The molecule has 0 aromatic rings. The highest BCUT2D eigenvalue weighted by molar-refractivity contribution is 5.76. The minimum atomic E-state index is -0.650. The molecule has 0 heterocycles. The average Bonchev–Trinajstić information content (AvgIpc) is 2.97. The van der Waals surface area contributed by atoms with Gasteiger partial charge in [0.1, 0.15) is 0 Å². The first-order valence-corrected chi connectivity index (χ1v) is 18.7. The Bertz CT molecular complexity index is 512. The van der Waals surface area contributed by atoms with Gasteiger partial charge in [0.25, 0.3) is 0 Å². The number of rotatable bonds is 34. The number of carbonyl (C=O) groups is 1. The Hall–Kier alpha value is -0.610. The third-order valence-electron chi connectivity index (χ3n) is 8.87. The highest BCUT2D eigenvalue weighted by Gasteiger charge is 2.19. The van der Waals surface area contributed by atoms with Crippen LogP contribution in [-0.4, -0.2) is 34.9 Å². The smallest absolute Gasteiger partial charge is 0.220 e. The number of carbonyl (C=O) groups excluding carboxylic acids is 1. The van der Waals surface area contributed by atoms with Crippen LogP contribution in [0, 0.1) is 0 Å². The Morgan fingerprint density at radius 2 is 0.780 bits per heavy atom. The maximum atomic E-state index is 12.2. The molecule has 0 saturated carbocycles. The van der Waals surface area contributed by atoms with Crippen molar-refractivity contribution in [1.82, 2.24) is 5.32 Å². The molecule has 0 rings (SSSR count). The SMILES string of the molecule is CCCCCCCCCCCCCCCCCCCCCCCC(O)C(CO)NC(=O)CCCCCCCCCC. The molecule has 0 aromatic heterocycles. The molecular formula is C37H75NO3. The van der Waals surface area contributed by atoms with Crippen molar-refractivity contribution < 1.29 is 15.0 Å². The van der Waals surface area contributed by atoms with E-state index < -0.39 is 12.1 Å². The number of hydrogen-bond donors (Lipinski definition) is 3. The molecule has 246 valence electrons. The van der Waals surface area contributed by atoms with E-state index >= 15 is 0 Å². The second kappa shape index (κ2) is 33.9. The van der Waals surface area contributed by atoms with Crippen LogP contribution >= 0.6 is 0 Å². The van der Waals surface area contributed by atoms with Crippen molar-refractivity contribution in [2.45, 2.75) is 225 Å². The summed E-state index contributed by atoms with van der Waals surface area (Å²) in [6.45, 7) is 4.33. The summed E-state index contributed by atoms with van der Waals surface area (Å²) in [4.78, 5) is 12.2. The van der Waals surface area contributed by atoms with E-state index in [4.69, 9.17) is 0 Å². The van der Waals surface area contributed by atoms with E-state index in [0.717, 1.165) is 25.7 Å². The molecule has 41 heavy (non-hydrogen) atoms. The van der Waals surface area contributed by atoms with Gasteiger partial charge in [-0.3, -0.25) is 4.79 Å². The lowest BCUT2D eigenvalue weighted by Crippen LogP contribution is -2.45. The Morgan fingerprint density at radius 1 is 0.488 bits per heavy atom. The molecule has 4 heteroatoms. The van der Waals surface area contributed by atoms with E-state index in [1.807, 2.05) is 0 Å². The standard InChI is InChI=1S/C37H75NO3/c1-3-5-7-9-11-13-14-15-16-17-18-19-20-21-22-23-24-25-26-28-30-32-36(40)35(34-39)38-37(41)33-31-29-27-12-10-8-6-4-2/h35-36,39-40H,3-34H2,1-2H3,(H,38,41). The Morgan fingerprint density at radius 3 is 1.10 bits per heavy atom. The molecule has 0 aliphatic rings. The van der Waals surface area contributed by atoms with E-state index in [2.05, 4.69) is 19.2 Å². The summed E-state index contributed by atoms with van der Waals surface area (Å²) in [5.74, 6) is -0.0344. The summed E-state index contributed by atoms with van der Waals surface area (Å²) in [6.07, 6.45) is 38.9. The normalized spacial score (nSPS) is 13.0. The van der Waals surface area contributed by atoms with Crippen molar-refractivity contribution in [3.8, 4) is 0 Å². The van der Waals surface area contributed by atoms with Crippen LogP contribution in [0.15, 0.2) is 0 Å². The lowest BCUT2D eigenvalue weighted by molar-refractivity contribution is -0.123. The molecular weight excluding hydrogens is 506 g/mol. The number of aliphatic hydroxyl groups excluding tert-OH is 2. The highest BCUT2D eigenvalue weighted by Crippen LogP contribution is 2.16. The first-order valence-electron chi connectivity index (χ1n) is 18.7. The maximum absolute atomic E-state index is 12.2. The fourth-order valence-corrected chi connectivity index (χ4v) is 5.95. The van der Waals surface area contributed by atoms with Gasteiger partial charge in [-0.1, -0.05) is 194 Å². The van der Waals surface area contributed by atoms with Crippen molar-refractivity contribution in [2.75, 3.05) is 6.61 Å². The number of unbranched alkanes of at least 4 members (excludes halogenated alkanes) is 27. The largest absolute Gasteiger partial charge is 0.394 e. The van der Waals surface area contributed by atoms with E-state index in [-0.39, 0.29) is 12.5 Å². The van der Waals surface area contributed by atoms with Gasteiger partial charge in [0.05, 0.1) is 18.8 Å². The third-order valence-corrected chi connectivity index (χ3v) is 8.87. The molecule has 0 aliphatic heterocycles. The van der Waals surface area contributed by atoms with Crippen LogP contribution in [0.25, 0.3) is 0 Å². The van der Waals surface area contributed by atoms with Gasteiger partial charge < -0.3 is 15.5 Å². The van der Waals surface area contributed by atoms with Gasteiger partial charge in [-0.05, 0) is 12.8 Å². The zero-order valence-electron chi connectivity index (χ0n) is 28.1. The molecule has 0 spiro atoms. The minimum absolute atomic E-state index is 0.0344. The molecule has 0 aliphatic carbocycles. The molecule has 4 nitrogen and oxygen atoms in total. The van der Waals surface area contributed by atoms with E-state index in [1.165, 1.54) is 161 Å². The van der Waals surface area contributed by atoms with Gasteiger partial charge in [0, 0.05) is 6.42 Å². The molecule has 2 atom stereocenters. The zero-order chi connectivity index (χ0) is 30.1. The highest BCUT2D eigenvalue weighted by atomic mass is 16.3. The fourth-order valence-electron chi connectivity index (χ4n) is 5.95. The van der Waals surface area contributed by atoms with Crippen molar-refractivity contribution >= 4 is 5.91 Å². The van der Waals surface area contributed by atoms with Crippen LogP contribution in [0.5, 0.6) is 0 Å². The van der Waals surface area contributed by atoms with Gasteiger partial charge in [-0.2, -0.15) is 0 Å². The van der Waals surface area contributed by atoms with Crippen molar-refractivity contribution in [3.05, 3.63) is 0 Å². The second-order valence-corrected chi connectivity index (χ2v) is 13.0. The summed E-state index contributed by atoms with van der Waals surface area (Å²) < 4.78 is 0. The lowest BCUT2D eigenvalue weighted by Gasteiger charge is -2.22. The topological polar surface area (TPSA) is 69.6 Å². The Labute approximate surface area is 257 Å². The van der Waals surface area contributed by atoms with Crippen LogP contribution in [-0.2, 0) is 4.79 Å². The molecule has 1 amide bonds. The van der Waals surface area contributed by atoms with Crippen molar-refractivity contribution in [1.29, 1.82) is 0 Å². The lowest BCUT2D eigenvalue weighted by atomic mass is 10.0. The van der Waals surface area contributed by atoms with E-state index in [9.17, 15) is 15.0 Å². The number of amides is 1. The first kappa shape index (κ1) is 40.4. The summed E-state index contributed by atoms with van der Waals surface area (Å²) in [5, 5.41) is 23.0. The zero-order valence-corrected chi connectivity index (χ0v) is 28.1. The van der Waals surface area contributed by atoms with Crippen LogP contribution in [0.4, 0.5) is 0 Å². The first-order chi connectivity index (χ1) is 20.2. The molecule has 0 aromatic carbocycles. The van der Waals surface area contributed by atoms with E-state index in [1.54, 1.807) is 0 Å². The molecule has 0 bridgehead atoms. The van der Waals surface area contributed by atoms with Crippen LogP contribution in [0.2, 0.25) is 0 Å². The van der Waals surface area contributed by atoms with Crippen molar-refractivity contribution in [3.63, 3.8) is 0 Å². The summed E-state index contributed by atoms with van der Waals surface area (Å²) in [7, 11) is 0. The quantitative estimate of drug-likeness (QED) is 0.0662. The van der Waals surface area contributed by atoms with Gasteiger partial charge in [-0.25, -0.2) is 0 Å². The predicted molar refractivity (Wildman–Crippen MR) is 179 cm³/mol. The Balaban J connectivity index is 3.44. The molecule has 0 saturated heterocycles. The van der Waals surface area contributed by atoms with Crippen LogP contribution in [0.1, 0.15) is 213 Å². The third kappa shape index (κ3) is 30.6. The van der Waals surface area contributed by atoms with E-state index in [0.29, 0.717) is 12.8 Å². The summed E-state index contributed by atoms with van der Waals surface area (Å²) in [6, 6.07) is -0.526. The number of hydrogen-bond acceptors (Lipinski definition) is 3. The Kier molecular flexibility index (Phi) is 33.4. The van der Waals surface area contributed by atoms with Gasteiger partial charge in [-0.15, -0.1) is 0 Å². The molecule has 0 fully saturated rings. The summed E-state index contributed by atoms with van der Waals surface area (Å²) >= 11 is 0. The predicted octanol–water partition coefficient (Wildman–Crippen LogP) is 11.0. The summed E-state index contributed by atoms with van der Waals surface area (Å²) in [5.41, 5.74) is 0. The maximum Gasteiger partial charge on any atom is 0.220 e. The number of nitrogens with one attached hydrogen (secondary N) is 1. The second-order valence-electron chi connectivity index (χ2n) is 13.0. The van der Waals surface area contributed by atoms with Crippen LogP contribution in [0.3, 0.4) is 0 Å². The van der Waals surface area contributed by atoms with Gasteiger partial charge in [0.2, 0.25) is 5.91 Å². The molecule has 0 radical (unpaired) electrons. The fraction of sp³-hybridized carbons (Fsp3) is 0.973. The van der Waals surface area contributed by atoms with Gasteiger partial charge in [0.15, 0.2) is 0 Å².